The highest BCUT2D eigenvalue weighted by atomic mass is 32.2. The molecule has 0 saturated heterocycles. The number of hydrogen-bond donors (Lipinski definition) is 0. The third kappa shape index (κ3) is 3.39. The van der Waals surface area contributed by atoms with Gasteiger partial charge in [0.15, 0.2) is 0 Å². The van der Waals surface area contributed by atoms with E-state index in [1.54, 1.807) is 72.8 Å². The molecule has 26 heavy (non-hydrogen) atoms. The average molecular weight is 366 g/mol. The molecule has 3 rings (SSSR count). The van der Waals surface area contributed by atoms with Gasteiger partial charge in [0.05, 0.1) is 16.9 Å². The van der Waals surface area contributed by atoms with E-state index in [-0.39, 0.29) is 9.79 Å². The lowest BCUT2D eigenvalue weighted by molar-refractivity contribution is -0.141. The van der Waals surface area contributed by atoms with Crippen molar-refractivity contribution in [3.63, 3.8) is 0 Å². The zero-order valence-corrected chi connectivity index (χ0v) is 15.0. The number of ether oxygens (including phenoxy) is 1. The Labute approximate surface area is 153 Å². The minimum atomic E-state index is -3.77. The van der Waals surface area contributed by atoms with Crippen LogP contribution in [0.3, 0.4) is 0 Å². The Bertz CT molecular complexity index is 996. The molecule has 0 aromatic heterocycles. The van der Waals surface area contributed by atoms with Crippen molar-refractivity contribution in [1.82, 2.24) is 0 Å². The van der Waals surface area contributed by atoms with Crippen LogP contribution in [-0.4, -0.2) is 21.5 Å². The first kappa shape index (κ1) is 17.9. The Morgan fingerprint density at radius 1 is 0.808 bits per heavy atom. The summed E-state index contributed by atoms with van der Waals surface area (Å²) in [5, 5.41) is 0. The molecular formula is C21H18O4S. The van der Waals surface area contributed by atoms with Crippen LogP contribution in [0.5, 0.6) is 0 Å². The number of rotatable bonds is 5. The van der Waals surface area contributed by atoms with Crippen molar-refractivity contribution in [3.05, 3.63) is 96.1 Å². The summed E-state index contributed by atoms with van der Waals surface area (Å²) in [5.74, 6) is -1.33. The molecule has 0 aliphatic heterocycles. The summed E-state index contributed by atoms with van der Waals surface area (Å²) in [5.41, 5.74) is 1.07. The number of benzene rings is 3. The van der Waals surface area contributed by atoms with Crippen molar-refractivity contribution >= 4 is 15.8 Å². The van der Waals surface area contributed by atoms with Gasteiger partial charge < -0.3 is 4.74 Å². The van der Waals surface area contributed by atoms with Crippen LogP contribution in [0.1, 0.15) is 17.0 Å². The monoisotopic (exact) mass is 366 g/mol. The first-order chi connectivity index (χ1) is 12.6. The molecule has 0 aliphatic carbocycles. The van der Waals surface area contributed by atoms with Crippen LogP contribution in [0.2, 0.25) is 0 Å². The Hall–Kier alpha value is -2.92. The molecule has 4 nitrogen and oxygen atoms in total. The Morgan fingerprint density at radius 3 is 1.96 bits per heavy atom. The van der Waals surface area contributed by atoms with E-state index in [1.807, 2.05) is 6.07 Å². The maximum absolute atomic E-state index is 13.1. The highest BCUT2D eigenvalue weighted by molar-refractivity contribution is 7.91. The van der Waals surface area contributed by atoms with Crippen LogP contribution >= 0.6 is 0 Å². The lowest BCUT2D eigenvalue weighted by atomic mass is 9.91. The molecule has 0 bridgehead atoms. The molecule has 3 aromatic rings. The Balaban J connectivity index is 2.21. The third-order valence-corrected chi connectivity index (χ3v) is 5.99. The molecule has 0 amide bonds. The molecule has 3 aromatic carbocycles. The van der Waals surface area contributed by atoms with Crippen molar-refractivity contribution in [2.75, 3.05) is 7.11 Å². The lowest BCUT2D eigenvalue weighted by Crippen LogP contribution is -2.18. The number of methoxy groups -OCH3 is 1. The Morgan fingerprint density at radius 2 is 1.35 bits per heavy atom. The Kier molecular flexibility index (Phi) is 5.19. The summed E-state index contributed by atoms with van der Waals surface area (Å²) in [6, 6.07) is 23.8. The van der Waals surface area contributed by atoms with Gasteiger partial charge in [0.2, 0.25) is 9.84 Å². The van der Waals surface area contributed by atoms with E-state index in [2.05, 4.69) is 0 Å². The van der Waals surface area contributed by atoms with E-state index in [1.165, 1.54) is 13.2 Å². The topological polar surface area (TPSA) is 60.4 Å². The molecule has 0 heterocycles. The van der Waals surface area contributed by atoms with Crippen molar-refractivity contribution in [1.29, 1.82) is 0 Å². The summed E-state index contributed by atoms with van der Waals surface area (Å²) in [6.45, 7) is 0. The van der Waals surface area contributed by atoms with Crippen molar-refractivity contribution in [3.8, 4) is 0 Å². The smallest absolute Gasteiger partial charge is 0.317 e. The maximum Gasteiger partial charge on any atom is 0.317 e. The average Bonchev–Trinajstić information content (AvgIpc) is 2.70. The largest absolute Gasteiger partial charge is 0.468 e. The third-order valence-electron chi connectivity index (χ3n) is 4.14. The van der Waals surface area contributed by atoms with Gasteiger partial charge >= 0.3 is 5.97 Å². The number of carbonyl (C=O) groups excluding carboxylic acids is 1. The first-order valence-corrected chi connectivity index (χ1v) is 9.56. The molecule has 0 spiro atoms. The molecule has 1 atom stereocenters. The van der Waals surface area contributed by atoms with Gasteiger partial charge in [-0.05, 0) is 29.3 Å². The van der Waals surface area contributed by atoms with Gasteiger partial charge in [0, 0.05) is 0 Å². The van der Waals surface area contributed by atoms with Gasteiger partial charge in [-0.2, -0.15) is 0 Å². The number of hydrogen-bond acceptors (Lipinski definition) is 4. The fraction of sp³-hybridized carbons (Fsp3) is 0.0952. The predicted molar refractivity (Wildman–Crippen MR) is 98.6 cm³/mol. The van der Waals surface area contributed by atoms with Gasteiger partial charge in [0.25, 0.3) is 0 Å². The highest BCUT2D eigenvalue weighted by Gasteiger charge is 2.30. The minimum Gasteiger partial charge on any atom is -0.468 e. The molecule has 132 valence electrons. The zero-order chi connectivity index (χ0) is 18.6. The summed E-state index contributed by atoms with van der Waals surface area (Å²) in [4.78, 5) is 12.8. The second kappa shape index (κ2) is 7.54. The molecule has 0 fully saturated rings. The summed E-state index contributed by atoms with van der Waals surface area (Å²) in [7, 11) is -2.47. The lowest BCUT2D eigenvalue weighted by Gasteiger charge is -2.19. The molecular weight excluding hydrogens is 348 g/mol. The molecule has 5 heteroatoms. The summed E-state index contributed by atoms with van der Waals surface area (Å²) >= 11 is 0. The van der Waals surface area contributed by atoms with Gasteiger partial charge in [-0.3, -0.25) is 4.79 Å². The zero-order valence-electron chi connectivity index (χ0n) is 14.2. The van der Waals surface area contributed by atoms with E-state index >= 15 is 0 Å². The van der Waals surface area contributed by atoms with E-state index in [0.29, 0.717) is 11.1 Å². The van der Waals surface area contributed by atoms with Crippen molar-refractivity contribution < 1.29 is 17.9 Å². The molecule has 0 aliphatic rings. The summed E-state index contributed by atoms with van der Waals surface area (Å²) in [6.07, 6.45) is 0. The minimum absolute atomic E-state index is 0.102. The van der Waals surface area contributed by atoms with Crippen LogP contribution in [0.25, 0.3) is 0 Å². The number of esters is 1. The number of carbonyl (C=O) groups is 1. The molecule has 0 radical (unpaired) electrons. The van der Waals surface area contributed by atoms with E-state index < -0.39 is 21.7 Å². The van der Waals surface area contributed by atoms with Crippen LogP contribution in [0.4, 0.5) is 0 Å². The normalized spacial score (nSPS) is 12.3. The second-order valence-corrected chi connectivity index (χ2v) is 7.64. The van der Waals surface area contributed by atoms with Gasteiger partial charge in [-0.25, -0.2) is 8.42 Å². The van der Waals surface area contributed by atoms with Gasteiger partial charge in [-0.15, -0.1) is 0 Å². The maximum atomic E-state index is 13.1. The van der Waals surface area contributed by atoms with Crippen molar-refractivity contribution in [2.45, 2.75) is 15.7 Å². The van der Waals surface area contributed by atoms with Crippen LogP contribution in [0.15, 0.2) is 94.7 Å². The molecule has 0 unspecified atom stereocenters. The SMILES string of the molecule is COC(=O)[C@@H](c1ccccc1)c1ccccc1S(=O)(=O)c1ccccc1. The van der Waals surface area contributed by atoms with Gasteiger partial charge in [-0.1, -0.05) is 66.7 Å². The first-order valence-electron chi connectivity index (χ1n) is 8.07. The number of sulfone groups is 1. The van der Waals surface area contributed by atoms with E-state index in [9.17, 15) is 13.2 Å². The van der Waals surface area contributed by atoms with Crippen molar-refractivity contribution in [2.24, 2.45) is 0 Å². The quantitative estimate of drug-likeness (QED) is 0.644. The van der Waals surface area contributed by atoms with Crippen LogP contribution < -0.4 is 0 Å². The van der Waals surface area contributed by atoms with Gasteiger partial charge in [0.1, 0.15) is 5.92 Å². The standard InChI is InChI=1S/C21H18O4S/c1-25-21(22)20(16-10-4-2-5-11-16)18-14-8-9-15-19(18)26(23,24)17-12-6-3-7-13-17/h2-15,20H,1H3/t20-/m0/s1. The fourth-order valence-electron chi connectivity index (χ4n) is 2.90. The fourth-order valence-corrected chi connectivity index (χ4v) is 4.42. The van der Waals surface area contributed by atoms with E-state index in [0.717, 1.165) is 0 Å². The van der Waals surface area contributed by atoms with E-state index in [4.69, 9.17) is 4.74 Å². The molecule has 0 N–H and O–H groups in total. The summed E-state index contributed by atoms with van der Waals surface area (Å²) < 4.78 is 31.3. The molecule has 0 saturated carbocycles. The second-order valence-electron chi connectivity index (χ2n) is 5.72. The van der Waals surface area contributed by atoms with Crippen LogP contribution in [0, 0.1) is 0 Å². The predicted octanol–water partition coefficient (Wildman–Crippen LogP) is 3.82. The highest BCUT2D eigenvalue weighted by Crippen LogP contribution is 2.33. The van der Waals surface area contributed by atoms with Crippen LogP contribution in [-0.2, 0) is 19.4 Å².